The van der Waals surface area contributed by atoms with E-state index in [0.29, 0.717) is 16.9 Å². The summed E-state index contributed by atoms with van der Waals surface area (Å²) in [6.45, 7) is 0. The molecule has 3 rings (SSSR count). The van der Waals surface area contributed by atoms with Crippen LogP contribution in [0.25, 0.3) is 11.5 Å². The molecular weight excluding hydrogens is 382 g/mol. The van der Waals surface area contributed by atoms with Crippen LogP contribution in [0.1, 0.15) is 0 Å². The Morgan fingerprint density at radius 3 is 2.78 bits per heavy atom. The quantitative estimate of drug-likeness (QED) is 0.667. The van der Waals surface area contributed by atoms with Crippen LogP contribution in [0.15, 0.2) is 57.0 Å². The molecule has 0 aliphatic heterocycles. The maximum atomic E-state index is 11.9. The molecule has 9 heteroatoms. The van der Waals surface area contributed by atoms with Gasteiger partial charge in [-0.2, -0.15) is 0 Å². The second kappa shape index (κ2) is 7.34. The standard InChI is InChI=1S/C14H10BrN5O2S/c15-10-1-2-11(17-7-10)18-12(21)8-23-14-20-19-13(22-14)9-3-5-16-6-4-9/h1-7H,8H2,(H,17,18,21). The minimum absolute atomic E-state index is 0.149. The van der Waals surface area contributed by atoms with Crippen LogP contribution in [0.4, 0.5) is 5.82 Å². The van der Waals surface area contributed by atoms with E-state index < -0.39 is 0 Å². The summed E-state index contributed by atoms with van der Waals surface area (Å²) in [6.07, 6.45) is 4.90. The minimum Gasteiger partial charge on any atom is -0.411 e. The molecule has 0 atom stereocenters. The summed E-state index contributed by atoms with van der Waals surface area (Å²) < 4.78 is 6.34. The summed E-state index contributed by atoms with van der Waals surface area (Å²) in [5.74, 6) is 0.829. The van der Waals surface area contributed by atoms with Crippen molar-refractivity contribution in [1.29, 1.82) is 0 Å². The maximum absolute atomic E-state index is 11.9. The zero-order valence-corrected chi connectivity index (χ0v) is 14.0. The minimum atomic E-state index is -0.200. The highest BCUT2D eigenvalue weighted by Crippen LogP contribution is 2.22. The first-order valence-electron chi connectivity index (χ1n) is 6.49. The lowest BCUT2D eigenvalue weighted by Gasteiger charge is -2.02. The van der Waals surface area contributed by atoms with Crippen molar-refractivity contribution < 1.29 is 9.21 Å². The molecule has 3 aromatic heterocycles. The molecule has 3 aromatic rings. The SMILES string of the molecule is O=C(CSc1nnc(-c2ccncc2)o1)Nc1ccc(Br)cn1. The predicted molar refractivity (Wildman–Crippen MR) is 88.8 cm³/mol. The molecule has 0 spiro atoms. The lowest BCUT2D eigenvalue weighted by atomic mass is 10.3. The number of pyridine rings is 2. The van der Waals surface area contributed by atoms with Crippen LogP contribution in [-0.4, -0.2) is 31.8 Å². The van der Waals surface area contributed by atoms with E-state index in [9.17, 15) is 4.79 Å². The molecule has 0 aliphatic carbocycles. The number of amides is 1. The Labute approximate surface area is 144 Å². The van der Waals surface area contributed by atoms with Gasteiger partial charge in [-0.3, -0.25) is 9.78 Å². The van der Waals surface area contributed by atoms with Gasteiger partial charge in [0.05, 0.1) is 5.75 Å². The smallest absolute Gasteiger partial charge is 0.277 e. The van der Waals surface area contributed by atoms with Gasteiger partial charge in [0.25, 0.3) is 5.22 Å². The zero-order valence-electron chi connectivity index (χ0n) is 11.6. The topological polar surface area (TPSA) is 93.8 Å². The lowest BCUT2D eigenvalue weighted by Crippen LogP contribution is -2.14. The van der Waals surface area contributed by atoms with Gasteiger partial charge >= 0.3 is 0 Å². The summed E-state index contributed by atoms with van der Waals surface area (Å²) in [7, 11) is 0. The van der Waals surface area contributed by atoms with Crippen molar-refractivity contribution in [1.82, 2.24) is 20.2 Å². The van der Waals surface area contributed by atoms with Gasteiger partial charge in [0.15, 0.2) is 0 Å². The molecule has 0 saturated carbocycles. The number of thioether (sulfide) groups is 1. The number of aromatic nitrogens is 4. The molecule has 0 radical (unpaired) electrons. The van der Waals surface area contributed by atoms with Crippen molar-refractivity contribution in [3.8, 4) is 11.5 Å². The van der Waals surface area contributed by atoms with Crippen molar-refractivity contribution in [2.75, 3.05) is 11.1 Å². The van der Waals surface area contributed by atoms with Gasteiger partial charge in [0.2, 0.25) is 11.8 Å². The highest BCUT2D eigenvalue weighted by atomic mass is 79.9. The van der Waals surface area contributed by atoms with Gasteiger partial charge in [-0.25, -0.2) is 4.98 Å². The predicted octanol–water partition coefficient (Wildman–Crippen LogP) is 3.02. The lowest BCUT2D eigenvalue weighted by molar-refractivity contribution is -0.113. The van der Waals surface area contributed by atoms with E-state index in [1.165, 1.54) is 0 Å². The van der Waals surface area contributed by atoms with Crippen LogP contribution in [-0.2, 0) is 4.79 Å². The molecule has 0 bridgehead atoms. The van der Waals surface area contributed by atoms with Crippen molar-refractivity contribution in [3.63, 3.8) is 0 Å². The third-order valence-corrected chi connectivity index (χ3v) is 3.94. The van der Waals surface area contributed by atoms with Crippen molar-refractivity contribution in [2.24, 2.45) is 0 Å². The summed E-state index contributed by atoms with van der Waals surface area (Å²) in [6, 6.07) is 7.05. The van der Waals surface area contributed by atoms with E-state index in [1.54, 1.807) is 42.9 Å². The monoisotopic (exact) mass is 391 g/mol. The second-order valence-electron chi connectivity index (χ2n) is 4.31. The highest BCUT2D eigenvalue weighted by molar-refractivity contribution is 9.10. The number of anilines is 1. The fourth-order valence-corrected chi connectivity index (χ4v) is 2.43. The molecule has 1 amide bonds. The van der Waals surface area contributed by atoms with E-state index in [4.69, 9.17) is 4.42 Å². The number of carbonyl (C=O) groups is 1. The zero-order chi connectivity index (χ0) is 16.1. The van der Waals surface area contributed by atoms with Gasteiger partial charge in [0.1, 0.15) is 5.82 Å². The average molecular weight is 392 g/mol. The van der Waals surface area contributed by atoms with Crippen LogP contribution in [0.5, 0.6) is 0 Å². The van der Waals surface area contributed by atoms with Crippen LogP contribution < -0.4 is 5.32 Å². The van der Waals surface area contributed by atoms with E-state index >= 15 is 0 Å². The largest absolute Gasteiger partial charge is 0.411 e. The molecular formula is C14H10BrN5O2S. The van der Waals surface area contributed by atoms with Gasteiger partial charge in [-0.15, -0.1) is 10.2 Å². The molecule has 0 saturated heterocycles. The molecule has 0 aliphatic rings. The van der Waals surface area contributed by atoms with Crippen LogP contribution >= 0.6 is 27.7 Å². The summed E-state index contributed by atoms with van der Waals surface area (Å²) in [5, 5.41) is 10.9. The number of nitrogens with one attached hydrogen (secondary N) is 1. The van der Waals surface area contributed by atoms with Gasteiger partial charge in [0, 0.05) is 28.6 Å². The van der Waals surface area contributed by atoms with Crippen molar-refractivity contribution in [2.45, 2.75) is 5.22 Å². The molecule has 1 N–H and O–H groups in total. The first-order valence-corrected chi connectivity index (χ1v) is 8.27. The molecule has 116 valence electrons. The number of nitrogens with zero attached hydrogens (tertiary/aromatic N) is 4. The van der Waals surface area contributed by atoms with Crippen molar-refractivity contribution >= 4 is 39.4 Å². The number of hydrogen-bond acceptors (Lipinski definition) is 7. The Bertz CT molecular complexity index is 794. The average Bonchev–Trinajstić information content (AvgIpc) is 3.05. The Kier molecular flexibility index (Phi) is 4.99. The first kappa shape index (κ1) is 15.6. The van der Waals surface area contributed by atoms with E-state index in [0.717, 1.165) is 21.8 Å². The summed E-state index contributed by atoms with van der Waals surface area (Å²) in [5.41, 5.74) is 0.780. The third-order valence-electron chi connectivity index (χ3n) is 2.66. The van der Waals surface area contributed by atoms with Gasteiger partial charge < -0.3 is 9.73 Å². The Morgan fingerprint density at radius 2 is 2.04 bits per heavy atom. The first-order chi connectivity index (χ1) is 11.2. The van der Waals surface area contributed by atoms with E-state index in [-0.39, 0.29) is 11.7 Å². The van der Waals surface area contributed by atoms with E-state index in [2.05, 4.69) is 41.4 Å². The number of hydrogen-bond donors (Lipinski definition) is 1. The Balaban J connectivity index is 1.55. The van der Waals surface area contributed by atoms with Gasteiger partial charge in [-0.1, -0.05) is 11.8 Å². The Hall–Kier alpha value is -2.26. The molecule has 3 heterocycles. The van der Waals surface area contributed by atoms with Crippen LogP contribution in [0.2, 0.25) is 0 Å². The maximum Gasteiger partial charge on any atom is 0.277 e. The third kappa shape index (κ3) is 4.36. The molecule has 0 unspecified atom stereocenters. The number of carbonyl (C=O) groups excluding carboxylic acids is 1. The molecule has 7 nitrogen and oxygen atoms in total. The molecule has 23 heavy (non-hydrogen) atoms. The normalized spacial score (nSPS) is 10.5. The molecule has 0 aromatic carbocycles. The second-order valence-corrected chi connectivity index (χ2v) is 6.15. The van der Waals surface area contributed by atoms with Crippen LogP contribution in [0.3, 0.4) is 0 Å². The van der Waals surface area contributed by atoms with E-state index in [1.807, 2.05) is 0 Å². The fraction of sp³-hybridized carbons (Fsp3) is 0.0714. The highest BCUT2D eigenvalue weighted by Gasteiger charge is 2.11. The number of halogens is 1. The van der Waals surface area contributed by atoms with Crippen molar-refractivity contribution in [3.05, 3.63) is 47.3 Å². The Morgan fingerprint density at radius 1 is 1.22 bits per heavy atom. The van der Waals surface area contributed by atoms with Gasteiger partial charge in [-0.05, 0) is 40.2 Å². The fourth-order valence-electron chi connectivity index (χ4n) is 1.64. The summed E-state index contributed by atoms with van der Waals surface area (Å²) in [4.78, 5) is 19.9. The number of rotatable bonds is 5. The van der Waals surface area contributed by atoms with Crippen LogP contribution in [0, 0.1) is 0 Å². The summed E-state index contributed by atoms with van der Waals surface area (Å²) >= 11 is 4.45. The molecule has 0 fully saturated rings.